The monoisotopic (exact) mass is 261 g/mol. The summed E-state index contributed by atoms with van der Waals surface area (Å²) in [6, 6.07) is 9.98. The summed E-state index contributed by atoms with van der Waals surface area (Å²) >= 11 is 6.44. The fourth-order valence-electron chi connectivity index (χ4n) is 2.69. The topological polar surface area (TPSA) is 26.0 Å². The maximum Gasteiger partial charge on any atom is 0.159 e. The van der Waals surface area contributed by atoms with Crippen LogP contribution in [0.15, 0.2) is 34.9 Å². The first-order valence-corrected chi connectivity index (χ1v) is 6.94. The van der Waals surface area contributed by atoms with E-state index < -0.39 is 0 Å². The minimum Gasteiger partial charge on any atom is -0.359 e. The highest BCUT2D eigenvalue weighted by Gasteiger charge is 2.25. The van der Waals surface area contributed by atoms with E-state index in [0.717, 1.165) is 17.0 Å². The second-order valence-electron chi connectivity index (χ2n) is 4.91. The quantitative estimate of drug-likeness (QED) is 0.757. The number of hydrogen-bond acceptors (Lipinski definition) is 2. The van der Waals surface area contributed by atoms with Gasteiger partial charge < -0.3 is 4.52 Å². The Morgan fingerprint density at radius 1 is 1.06 bits per heavy atom. The Kier molecular flexibility index (Phi) is 3.37. The zero-order valence-corrected chi connectivity index (χ0v) is 11.0. The highest BCUT2D eigenvalue weighted by Crippen LogP contribution is 2.40. The van der Waals surface area contributed by atoms with E-state index in [1.807, 2.05) is 30.3 Å². The number of rotatable bonds is 2. The summed E-state index contributed by atoms with van der Waals surface area (Å²) in [5.41, 5.74) is 1.80. The van der Waals surface area contributed by atoms with Gasteiger partial charge in [0.2, 0.25) is 0 Å². The Bertz CT molecular complexity index is 515. The number of halogens is 1. The van der Waals surface area contributed by atoms with E-state index in [1.165, 1.54) is 32.1 Å². The van der Waals surface area contributed by atoms with Crippen molar-refractivity contribution in [3.63, 3.8) is 0 Å². The summed E-state index contributed by atoms with van der Waals surface area (Å²) in [6.45, 7) is 0. The number of hydrogen-bond donors (Lipinski definition) is 0. The van der Waals surface area contributed by atoms with Crippen LogP contribution in [0.1, 0.15) is 43.8 Å². The largest absolute Gasteiger partial charge is 0.359 e. The van der Waals surface area contributed by atoms with Gasteiger partial charge in [-0.25, -0.2) is 0 Å². The van der Waals surface area contributed by atoms with Gasteiger partial charge in [-0.15, -0.1) is 0 Å². The van der Waals surface area contributed by atoms with E-state index in [-0.39, 0.29) is 0 Å². The van der Waals surface area contributed by atoms with Crippen molar-refractivity contribution >= 4 is 11.6 Å². The first-order valence-electron chi connectivity index (χ1n) is 6.57. The second-order valence-corrected chi connectivity index (χ2v) is 5.29. The molecule has 0 unspecified atom stereocenters. The van der Waals surface area contributed by atoms with Crippen LogP contribution in [0, 0.1) is 0 Å². The smallest absolute Gasteiger partial charge is 0.159 e. The molecule has 1 aromatic heterocycles. The summed E-state index contributed by atoms with van der Waals surface area (Å²) in [7, 11) is 0. The summed E-state index contributed by atoms with van der Waals surface area (Å²) in [5.74, 6) is 1.34. The molecule has 0 saturated heterocycles. The maximum atomic E-state index is 6.44. The SMILES string of the molecule is Clc1c(-c2ccccc2)noc1C1CCCCC1. The fourth-order valence-corrected chi connectivity index (χ4v) is 3.02. The lowest BCUT2D eigenvalue weighted by molar-refractivity contribution is 0.322. The lowest BCUT2D eigenvalue weighted by Crippen LogP contribution is -2.03. The molecule has 1 fully saturated rings. The minimum absolute atomic E-state index is 0.455. The van der Waals surface area contributed by atoms with Crippen LogP contribution in [0.25, 0.3) is 11.3 Å². The molecule has 18 heavy (non-hydrogen) atoms. The van der Waals surface area contributed by atoms with E-state index in [0.29, 0.717) is 10.9 Å². The van der Waals surface area contributed by atoms with Crippen LogP contribution in [0.2, 0.25) is 5.02 Å². The predicted octanol–water partition coefficient (Wildman–Crippen LogP) is 5.04. The van der Waals surface area contributed by atoms with Crippen molar-refractivity contribution < 1.29 is 4.52 Å². The van der Waals surface area contributed by atoms with Crippen molar-refractivity contribution in [1.29, 1.82) is 0 Å². The summed E-state index contributed by atoms with van der Waals surface area (Å²) in [4.78, 5) is 0. The lowest BCUT2D eigenvalue weighted by Gasteiger charge is -2.18. The molecule has 0 bridgehead atoms. The third-order valence-electron chi connectivity index (χ3n) is 3.68. The van der Waals surface area contributed by atoms with Crippen LogP contribution in [0.4, 0.5) is 0 Å². The molecule has 0 aliphatic heterocycles. The first kappa shape index (κ1) is 11.8. The molecule has 2 nitrogen and oxygen atoms in total. The Hall–Kier alpha value is -1.28. The molecule has 2 aromatic rings. The molecule has 0 spiro atoms. The van der Waals surface area contributed by atoms with E-state index in [4.69, 9.17) is 16.1 Å². The van der Waals surface area contributed by atoms with Crippen LogP contribution in [0.3, 0.4) is 0 Å². The van der Waals surface area contributed by atoms with Gasteiger partial charge in [-0.05, 0) is 12.8 Å². The molecule has 0 atom stereocenters. The zero-order valence-electron chi connectivity index (χ0n) is 10.2. The number of benzene rings is 1. The van der Waals surface area contributed by atoms with E-state index >= 15 is 0 Å². The van der Waals surface area contributed by atoms with Crippen molar-refractivity contribution in [2.45, 2.75) is 38.0 Å². The van der Waals surface area contributed by atoms with Crippen LogP contribution >= 0.6 is 11.6 Å². The highest BCUT2D eigenvalue weighted by atomic mass is 35.5. The molecule has 94 valence electrons. The van der Waals surface area contributed by atoms with Crippen molar-refractivity contribution in [2.75, 3.05) is 0 Å². The van der Waals surface area contributed by atoms with Gasteiger partial charge in [-0.1, -0.05) is 66.4 Å². The highest BCUT2D eigenvalue weighted by molar-refractivity contribution is 6.33. The number of aromatic nitrogens is 1. The Balaban J connectivity index is 1.92. The maximum absolute atomic E-state index is 6.44. The van der Waals surface area contributed by atoms with Gasteiger partial charge in [0, 0.05) is 11.5 Å². The average Bonchev–Trinajstić information content (AvgIpc) is 2.83. The molecule has 0 amide bonds. The summed E-state index contributed by atoms with van der Waals surface area (Å²) in [6.07, 6.45) is 6.20. The van der Waals surface area contributed by atoms with Crippen molar-refractivity contribution in [1.82, 2.24) is 5.16 Å². The molecular formula is C15H16ClNO. The average molecular weight is 262 g/mol. The predicted molar refractivity (Wildman–Crippen MR) is 72.8 cm³/mol. The first-order chi connectivity index (χ1) is 8.86. The van der Waals surface area contributed by atoms with Gasteiger partial charge in [0.25, 0.3) is 0 Å². The molecule has 1 aliphatic carbocycles. The fraction of sp³-hybridized carbons (Fsp3) is 0.400. The molecule has 0 radical (unpaired) electrons. The van der Waals surface area contributed by atoms with Crippen LogP contribution in [-0.2, 0) is 0 Å². The van der Waals surface area contributed by atoms with E-state index in [1.54, 1.807) is 0 Å². The van der Waals surface area contributed by atoms with Gasteiger partial charge in [-0.2, -0.15) is 0 Å². The van der Waals surface area contributed by atoms with Crippen LogP contribution in [0.5, 0.6) is 0 Å². The van der Waals surface area contributed by atoms with Crippen molar-refractivity contribution in [2.24, 2.45) is 0 Å². The van der Waals surface area contributed by atoms with E-state index in [2.05, 4.69) is 5.16 Å². The summed E-state index contributed by atoms with van der Waals surface area (Å²) in [5, 5.41) is 4.86. The van der Waals surface area contributed by atoms with Gasteiger partial charge in [0.1, 0.15) is 10.7 Å². The van der Waals surface area contributed by atoms with Crippen molar-refractivity contribution in [3.8, 4) is 11.3 Å². The van der Waals surface area contributed by atoms with Gasteiger partial charge in [0.15, 0.2) is 5.76 Å². The minimum atomic E-state index is 0.455. The van der Waals surface area contributed by atoms with Gasteiger partial charge in [0.05, 0.1) is 0 Å². The van der Waals surface area contributed by atoms with Crippen LogP contribution < -0.4 is 0 Å². The molecule has 1 heterocycles. The van der Waals surface area contributed by atoms with E-state index in [9.17, 15) is 0 Å². The zero-order chi connectivity index (χ0) is 12.4. The van der Waals surface area contributed by atoms with Gasteiger partial charge >= 0.3 is 0 Å². The molecule has 1 saturated carbocycles. The normalized spacial score (nSPS) is 16.9. The molecule has 3 rings (SSSR count). The van der Waals surface area contributed by atoms with Crippen molar-refractivity contribution in [3.05, 3.63) is 41.1 Å². The third-order valence-corrected chi connectivity index (χ3v) is 4.05. The van der Waals surface area contributed by atoms with Gasteiger partial charge in [-0.3, -0.25) is 0 Å². The Morgan fingerprint density at radius 2 is 1.78 bits per heavy atom. The Morgan fingerprint density at radius 3 is 2.50 bits per heavy atom. The Labute approximate surface area is 112 Å². The molecular weight excluding hydrogens is 246 g/mol. The standard InChI is InChI=1S/C15H16ClNO/c16-13-14(11-7-3-1-4-8-11)17-18-15(13)12-9-5-2-6-10-12/h1,3-4,7-8,12H,2,5-6,9-10H2. The summed E-state index contributed by atoms with van der Waals surface area (Å²) < 4.78 is 5.51. The molecule has 1 aromatic carbocycles. The molecule has 0 N–H and O–H groups in total. The number of nitrogens with zero attached hydrogens (tertiary/aromatic N) is 1. The third kappa shape index (κ3) is 2.17. The second kappa shape index (κ2) is 5.15. The lowest BCUT2D eigenvalue weighted by atomic mass is 9.87. The van der Waals surface area contributed by atoms with Crippen LogP contribution in [-0.4, -0.2) is 5.16 Å². The molecule has 1 aliphatic rings. The molecule has 3 heteroatoms.